The van der Waals surface area contributed by atoms with Crippen molar-refractivity contribution in [3.8, 4) is 0 Å². The summed E-state index contributed by atoms with van der Waals surface area (Å²) >= 11 is 0. The van der Waals surface area contributed by atoms with Crippen molar-refractivity contribution in [1.82, 2.24) is 0 Å². The molecule has 2 rings (SSSR count). The van der Waals surface area contributed by atoms with E-state index in [1.54, 1.807) is 24.3 Å². The summed E-state index contributed by atoms with van der Waals surface area (Å²) in [6, 6.07) is 13.9. The largest absolute Gasteiger partial charge is 0.370 e. The van der Waals surface area contributed by atoms with Gasteiger partial charge in [-0.2, -0.15) is 0 Å². The summed E-state index contributed by atoms with van der Waals surface area (Å²) in [6.45, 7) is 0.493. The van der Waals surface area contributed by atoms with E-state index in [0.717, 1.165) is 12.0 Å². The molecule has 0 aliphatic rings. The number of halogens is 1. The lowest BCUT2D eigenvalue weighted by Crippen LogP contribution is -2.17. The molecule has 0 spiro atoms. The van der Waals surface area contributed by atoms with E-state index in [0.29, 0.717) is 17.7 Å². The molecule has 0 fully saturated rings. The fourth-order valence-corrected chi connectivity index (χ4v) is 1.78. The molecule has 92 valence electrons. The van der Waals surface area contributed by atoms with E-state index < -0.39 is 0 Å². The monoisotopic (exact) mass is 243 g/mol. The number of carbonyl (C=O) groups is 1. The Kier molecular flexibility index (Phi) is 3.72. The van der Waals surface area contributed by atoms with Crippen molar-refractivity contribution in [3.63, 3.8) is 0 Å². The molecule has 0 N–H and O–H groups in total. The van der Waals surface area contributed by atoms with Crippen LogP contribution in [-0.4, -0.2) is 13.3 Å². The van der Waals surface area contributed by atoms with Crippen LogP contribution in [0.1, 0.15) is 15.9 Å². The minimum Gasteiger partial charge on any atom is -0.370 e. The Morgan fingerprint density at radius 2 is 1.78 bits per heavy atom. The van der Waals surface area contributed by atoms with Crippen LogP contribution in [-0.2, 0) is 6.54 Å². The number of hydrogen-bond acceptors (Lipinski definition) is 2. The summed E-state index contributed by atoms with van der Waals surface area (Å²) in [4.78, 5) is 12.5. The quantitative estimate of drug-likeness (QED) is 0.768. The predicted molar refractivity (Wildman–Crippen MR) is 70.3 cm³/mol. The summed E-state index contributed by atoms with van der Waals surface area (Å²) in [5, 5.41) is 0. The SMILES string of the molecule is CN(Cc1ccccc1F)c1ccc(C=O)cc1. The third kappa shape index (κ3) is 2.74. The number of benzene rings is 2. The van der Waals surface area contributed by atoms with E-state index in [2.05, 4.69) is 0 Å². The first-order valence-electron chi connectivity index (χ1n) is 5.70. The predicted octanol–water partition coefficient (Wildman–Crippen LogP) is 3.27. The second kappa shape index (κ2) is 5.45. The minimum absolute atomic E-state index is 0.200. The summed E-state index contributed by atoms with van der Waals surface area (Å²) in [5.41, 5.74) is 2.24. The van der Waals surface area contributed by atoms with Crippen molar-refractivity contribution in [2.45, 2.75) is 6.54 Å². The molecular weight excluding hydrogens is 229 g/mol. The van der Waals surface area contributed by atoms with Gasteiger partial charge in [0, 0.05) is 30.4 Å². The fourth-order valence-electron chi connectivity index (χ4n) is 1.78. The molecule has 0 heterocycles. The van der Waals surface area contributed by atoms with E-state index in [9.17, 15) is 9.18 Å². The van der Waals surface area contributed by atoms with Crippen LogP contribution < -0.4 is 4.90 Å². The van der Waals surface area contributed by atoms with Crippen LogP contribution in [0.4, 0.5) is 10.1 Å². The zero-order valence-electron chi connectivity index (χ0n) is 10.1. The number of nitrogens with zero attached hydrogens (tertiary/aromatic N) is 1. The van der Waals surface area contributed by atoms with Crippen molar-refractivity contribution in [3.05, 3.63) is 65.5 Å². The topological polar surface area (TPSA) is 20.3 Å². The van der Waals surface area contributed by atoms with Crippen molar-refractivity contribution < 1.29 is 9.18 Å². The first-order valence-corrected chi connectivity index (χ1v) is 5.70. The van der Waals surface area contributed by atoms with E-state index >= 15 is 0 Å². The Labute approximate surface area is 106 Å². The fraction of sp³-hybridized carbons (Fsp3) is 0.133. The van der Waals surface area contributed by atoms with E-state index in [4.69, 9.17) is 0 Å². The third-order valence-electron chi connectivity index (χ3n) is 2.84. The molecule has 2 nitrogen and oxygen atoms in total. The Morgan fingerprint density at radius 3 is 2.39 bits per heavy atom. The van der Waals surface area contributed by atoms with Crippen LogP contribution >= 0.6 is 0 Å². The molecule has 2 aromatic carbocycles. The van der Waals surface area contributed by atoms with Crippen LogP contribution in [0.3, 0.4) is 0 Å². The Morgan fingerprint density at radius 1 is 1.11 bits per heavy atom. The number of carbonyl (C=O) groups excluding carboxylic acids is 1. The molecule has 0 saturated heterocycles. The highest BCUT2D eigenvalue weighted by atomic mass is 19.1. The summed E-state index contributed by atoms with van der Waals surface area (Å²) in [5.74, 6) is -0.200. The van der Waals surface area contributed by atoms with Gasteiger partial charge in [0.2, 0.25) is 0 Å². The Bertz CT molecular complexity index is 536. The van der Waals surface area contributed by atoms with Gasteiger partial charge in [0.05, 0.1) is 0 Å². The molecule has 18 heavy (non-hydrogen) atoms. The number of anilines is 1. The molecule has 0 aromatic heterocycles. The smallest absolute Gasteiger partial charge is 0.150 e. The van der Waals surface area contributed by atoms with Gasteiger partial charge in [-0.1, -0.05) is 18.2 Å². The molecule has 0 amide bonds. The van der Waals surface area contributed by atoms with Gasteiger partial charge in [0.15, 0.2) is 0 Å². The Balaban J connectivity index is 2.14. The van der Waals surface area contributed by atoms with Crippen LogP contribution in [0.5, 0.6) is 0 Å². The van der Waals surface area contributed by atoms with Gasteiger partial charge in [-0.15, -0.1) is 0 Å². The minimum atomic E-state index is -0.200. The van der Waals surface area contributed by atoms with Gasteiger partial charge >= 0.3 is 0 Å². The van der Waals surface area contributed by atoms with Gasteiger partial charge in [-0.25, -0.2) is 4.39 Å². The molecule has 0 aliphatic heterocycles. The van der Waals surface area contributed by atoms with Crippen molar-refractivity contribution in [1.29, 1.82) is 0 Å². The van der Waals surface area contributed by atoms with Crippen LogP contribution in [0.15, 0.2) is 48.5 Å². The van der Waals surface area contributed by atoms with Crippen molar-refractivity contribution >= 4 is 12.0 Å². The Hall–Kier alpha value is -2.16. The van der Waals surface area contributed by atoms with Crippen molar-refractivity contribution in [2.75, 3.05) is 11.9 Å². The highest BCUT2D eigenvalue weighted by molar-refractivity contribution is 5.75. The molecule has 0 atom stereocenters. The normalized spacial score (nSPS) is 10.1. The average Bonchev–Trinajstić information content (AvgIpc) is 2.41. The lowest BCUT2D eigenvalue weighted by molar-refractivity contribution is 0.112. The molecule has 0 bridgehead atoms. The standard InChI is InChI=1S/C15H14FNO/c1-17(10-13-4-2-3-5-15(13)16)14-8-6-12(11-18)7-9-14/h2-9,11H,10H2,1H3. The molecule has 3 heteroatoms. The van der Waals surface area contributed by atoms with E-state index in [-0.39, 0.29) is 5.82 Å². The maximum atomic E-state index is 13.5. The first-order chi connectivity index (χ1) is 8.70. The van der Waals surface area contributed by atoms with Gasteiger partial charge in [0.25, 0.3) is 0 Å². The van der Waals surface area contributed by atoms with Gasteiger partial charge in [-0.05, 0) is 30.3 Å². The van der Waals surface area contributed by atoms with E-state index in [1.807, 2.05) is 30.1 Å². The first kappa shape index (κ1) is 12.3. The lowest BCUT2D eigenvalue weighted by atomic mass is 10.1. The second-order valence-electron chi connectivity index (χ2n) is 4.16. The molecule has 2 aromatic rings. The third-order valence-corrected chi connectivity index (χ3v) is 2.84. The summed E-state index contributed by atoms with van der Waals surface area (Å²) in [6.07, 6.45) is 0.806. The highest BCUT2D eigenvalue weighted by Crippen LogP contribution is 2.17. The molecule has 0 aliphatic carbocycles. The zero-order valence-corrected chi connectivity index (χ0v) is 10.1. The zero-order chi connectivity index (χ0) is 13.0. The molecule has 0 radical (unpaired) electrons. The second-order valence-corrected chi connectivity index (χ2v) is 4.16. The van der Waals surface area contributed by atoms with Gasteiger partial charge in [-0.3, -0.25) is 4.79 Å². The van der Waals surface area contributed by atoms with Crippen LogP contribution in [0.2, 0.25) is 0 Å². The lowest BCUT2D eigenvalue weighted by Gasteiger charge is -2.19. The van der Waals surface area contributed by atoms with Crippen molar-refractivity contribution in [2.24, 2.45) is 0 Å². The van der Waals surface area contributed by atoms with E-state index in [1.165, 1.54) is 6.07 Å². The number of aldehydes is 1. The molecule has 0 saturated carbocycles. The number of hydrogen-bond donors (Lipinski definition) is 0. The summed E-state index contributed by atoms with van der Waals surface area (Å²) in [7, 11) is 1.89. The highest BCUT2D eigenvalue weighted by Gasteiger charge is 2.05. The maximum absolute atomic E-state index is 13.5. The maximum Gasteiger partial charge on any atom is 0.150 e. The summed E-state index contributed by atoms with van der Waals surface area (Å²) < 4.78 is 13.5. The van der Waals surface area contributed by atoms with Gasteiger partial charge in [0.1, 0.15) is 12.1 Å². The molecule has 0 unspecified atom stereocenters. The van der Waals surface area contributed by atoms with Crippen LogP contribution in [0.25, 0.3) is 0 Å². The number of rotatable bonds is 4. The van der Waals surface area contributed by atoms with Gasteiger partial charge < -0.3 is 4.90 Å². The molecular formula is C15H14FNO. The average molecular weight is 243 g/mol. The van der Waals surface area contributed by atoms with Crippen LogP contribution in [0, 0.1) is 5.82 Å².